The number of fused-ring (bicyclic) bond motifs is 2. The molecule has 0 radical (unpaired) electrons. The standard InChI is InChI=1S/C21H22N4O2.C2HF3O2/c1-22-20(26)11-15-12-24-10-4-5-16(24)14-25(13-15)21(27)18-8-9-23-19-7-3-2-6-17(18)19;3-2(4,5)1(6)7/h2-10,15H,11-14H2,1H3,(H,22,26);(H,6,7). The Labute approximate surface area is 193 Å². The second kappa shape index (κ2) is 10.4. The molecule has 2 N–H and O–H groups in total. The first-order valence-electron chi connectivity index (χ1n) is 10.4. The van der Waals surface area contributed by atoms with Crippen LogP contribution in [0.2, 0.25) is 0 Å². The van der Waals surface area contributed by atoms with E-state index in [-0.39, 0.29) is 17.7 Å². The van der Waals surface area contributed by atoms with Crippen LogP contribution < -0.4 is 5.32 Å². The van der Waals surface area contributed by atoms with Crippen LogP contribution in [-0.2, 0) is 22.7 Å². The molecule has 180 valence electrons. The summed E-state index contributed by atoms with van der Waals surface area (Å²) in [4.78, 5) is 40.4. The second-order valence-electron chi connectivity index (χ2n) is 7.76. The second-order valence-corrected chi connectivity index (χ2v) is 7.76. The van der Waals surface area contributed by atoms with Crippen LogP contribution in [0.5, 0.6) is 0 Å². The van der Waals surface area contributed by atoms with Gasteiger partial charge in [-0.1, -0.05) is 18.2 Å². The highest BCUT2D eigenvalue weighted by atomic mass is 19.4. The Hall–Kier alpha value is -3.89. The number of hydrogen-bond acceptors (Lipinski definition) is 4. The number of halogens is 3. The average molecular weight is 476 g/mol. The summed E-state index contributed by atoms with van der Waals surface area (Å²) in [6.07, 6.45) is -0.991. The molecule has 3 aromatic rings. The number of carbonyl (C=O) groups is 3. The summed E-state index contributed by atoms with van der Waals surface area (Å²) in [5.74, 6) is -2.72. The molecule has 0 saturated heterocycles. The van der Waals surface area contributed by atoms with E-state index in [1.165, 1.54) is 0 Å². The van der Waals surface area contributed by atoms with Gasteiger partial charge >= 0.3 is 12.1 Å². The number of pyridine rings is 1. The summed E-state index contributed by atoms with van der Waals surface area (Å²) in [6.45, 7) is 1.81. The number of benzene rings is 1. The zero-order chi connectivity index (χ0) is 24.9. The van der Waals surface area contributed by atoms with Gasteiger partial charge in [0.15, 0.2) is 0 Å². The predicted octanol–water partition coefficient (Wildman–Crippen LogP) is 3.08. The highest BCUT2D eigenvalue weighted by Crippen LogP contribution is 2.24. The Morgan fingerprint density at radius 2 is 1.82 bits per heavy atom. The third-order valence-corrected chi connectivity index (χ3v) is 5.37. The molecule has 8 nitrogen and oxygen atoms in total. The van der Waals surface area contributed by atoms with E-state index in [9.17, 15) is 22.8 Å². The number of rotatable bonds is 3. The molecule has 11 heteroatoms. The quantitative estimate of drug-likeness (QED) is 0.605. The van der Waals surface area contributed by atoms with Crippen LogP contribution in [0.1, 0.15) is 22.5 Å². The molecule has 0 fully saturated rings. The Bertz CT molecular complexity index is 1190. The Morgan fingerprint density at radius 3 is 2.50 bits per heavy atom. The molecule has 1 unspecified atom stereocenters. The fraction of sp³-hybridized carbons (Fsp3) is 0.304. The number of hydrogen-bond donors (Lipinski definition) is 2. The van der Waals surface area contributed by atoms with Crippen molar-refractivity contribution >= 4 is 28.7 Å². The number of aromatic nitrogens is 2. The lowest BCUT2D eigenvalue weighted by molar-refractivity contribution is -0.192. The average Bonchev–Trinajstić information content (AvgIpc) is 3.16. The van der Waals surface area contributed by atoms with E-state index < -0.39 is 12.1 Å². The lowest BCUT2D eigenvalue weighted by atomic mass is 10.0. The van der Waals surface area contributed by atoms with Crippen molar-refractivity contribution in [2.75, 3.05) is 13.6 Å². The number of nitrogens with one attached hydrogen (secondary N) is 1. The van der Waals surface area contributed by atoms with E-state index >= 15 is 0 Å². The SMILES string of the molecule is CNC(=O)CC1CN(C(=O)c2ccnc3ccccc23)Cc2cccn2C1.O=C(O)C(F)(F)F. The minimum absolute atomic E-state index is 0.00244. The molecule has 0 aliphatic carbocycles. The van der Waals surface area contributed by atoms with Gasteiger partial charge in [-0.3, -0.25) is 14.6 Å². The van der Waals surface area contributed by atoms with E-state index in [2.05, 4.69) is 14.9 Å². The van der Waals surface area contributed by atoms with Crippen molar-refractivity contribution in [3.8, 4) is 0 Å². The van der Waals surface area contributed by atoms with Crippen molar-refractivity contribution in [2.45, 2.75) is 25.7 Å². The molecular formula is C23H23F3N4O4. The van der Waals surface area contributed by atoms with Crippen molar-refractivity contribution in [1.82, 2.24) is 19.8 Å². The molecule has 2 amide bonds. The van der Waals surface area contributed by atoms with Crippen molar-refractivity contribution in [3.05, 3.63) is 66.1 Å². The van der Waals surface area contributed by atoms with Crippen LogP contribution >= 0.6 is 0 Å². The fourth-order valence-corrected chi connectivity index (χ4v) is 3.78. The van der Waals surface area contributed by atoms with E-state index in [0.29, 0.717) is 25.1 Å². The number of nitrogens with zero attached hydrogens (tertiary/aromatic N) is 3. The van der Waals surface area contributed by atoms with Gasteiger partial charge in [-0.15, -0.1) is 0 Å². The largest absolute Gasteiger partial charge is 0.490 e. The first kappa shape index (κ1) is 24.7. The lowest BCUT2D eigenvalue weighted by Crippen LogP contribution is -2.35. The van der Waals surface area contributed by atoms with Gasteiger partial charge in [-0.25, -0.2) is 4.79 Å². The fourth-order valence-electron chi connectivity index (χ4n) is 3.78. The molecule has 4 rings (SSSR count). The van der Waals surface area contributed by atoms with Crippen molar-refractivity contribution in [2.24, 2.45) is 5.92 Å². The summed E-state index contributed by atoms with van der Waals surface area (Å²) < 4.78 is 33.9. The number of para-hydroxylation sites is 1. The summed E-state index contributed by atoms with van der Waals surface area (Å²) in [7, 11) is 1.64. The number of carbonyl (C=O) groups excluding carboxylic acids is 2. The molecule has 0 spiro atoms. The normalized spacial score (nSPS) is 15.5. The zero-order valence-corrected chi connectivity index (χ0v) is 18.2. The van der Waals surface area contributed by atoms with Gasteiger partial charge in [0, 0.05) is 55.9 Å². The first-order chi connectivity index (χ1) is 16.1. The van der Waals surface area contributed by atoms with E-state index in [1.54, 1.807) is 19.3 Å². The maximum absolute atomic E-state index is 13.4. The van der Waals surface area contributed by atoms with E-state index in [0.717, 1.165) is 23.1 Å². The highest BCUT2D eigenvalue weighted by Gasteiger charge is 2.38. The Balaban J connectivity index is 0.000000406. The molecule has 3 heterocycles. The van der Waals surface area contributed by atoms with Crippen LogP contribution in [0.3, 0.4) is 0 Å². The van der Waals surface area contributed by atoms with E-state index in [1.807, 2.05) is 47.5 Å². The van der Waals surface area contributed by atoms with Gasteiger partial charge in [0.05, 0.1) is 17.6 Å². The molecule has 1 aromatic carbocycles. The van der Waals surface area contributed by atoms with Crippen LogP contribution in [0.25, 0.3) is 10.9 Å². The van der Waals surface area contributed by atoms with Gasteiger partial charge in [0.1, 0.15) is 0 Å². The van der Waals surface area contributed by atoms with Crippen LogP contribution in [0.15, 0.2) is 54.9 Å². The molecule has 1 aliphatic rings. The molecule has 1 aliphatic heterocycles. The van der Waals surface area contributed by atoms with Gasteiger partial charge < -0.3 is 19.9 Å². The molecule has 1 atom stereocenters. The van der Waals surface area contributed by atoms with Crippen molar-refractivity contribution in [1.29, 1.82) is 0 Å². The number of carboxylic acids is 1. The third kappa shape index (κ3) is 5.91. The number of alkyl halides is 3. The van der Waals surface area contributed by atoms with Crippen LogP contribution in [0, 0.1) is 5.92 Å². The van der Waals surface area contributed by atoms with Gasteiger partial charge in [0.25, 0.3) is 5.91 Å². The van der Waals surface area contributed by atoms with Crippen molar-refractivity contribution < 1.29 is 32.7 Å². The first-order valence-corrected chi connectivity index (χ1v) is 10.4. The third-order valence-electron chi connectivity index (χ3n) is 5.37. The Morgan fingerprint density at radius 1 is 1.12 bits per heavy atom. The summed E-state index contributed by atoms with van der Waals surface area (Å²) in [5.41, 5.74) is 2.55. The van der Waals surface area contributed by atoms with Gasteiger partial charge in [-0.2, -0.15) is 13.2 Å². The van der Waals surface area contributed by atoms with Crippen LogP contribution in [0.4, 0.5) is 13.2 Å². The summed E-state index contributed by atoms with van der Waals surface area (Å²) in [6, 6.07) is 13.5. The predicted molar refractivity (Wildman–Crippen MR) is 117 cm³/mol. The minimum atomic E-state index is -5.08. The highest BCUT2D eigenvalue weighted by molar-refractivity contribution is 6.06. The molecule has 2 aromatic heterocycles. The van der Waals surface area contributed by atoms with Gasteiger partial charge in [-0.05, 0) is 24.3 Å². The van der Waals surface area contributed by atoms with Crippen molar-refractivity contribution in [3.63, 3.8) is 0 Å². The summed E-state index contributed by atoms with van der Waals surface area (Å²) >= 11 is 0. The zero-order valence-electron chi connectivity index (χ0n) is 18.2. The minimum Gasteiger partial charge on any atom is -0.475 e. The number of amides is 2. The maximum atomic E-state index is 13.4. The number of aliphatic carboxylic acids is 1. The number of carboxylic acid groups (broad SMARTS) is 1. The maximum Gasteiger partial charge on any atom is 0.490 e. The molecule has 34 heavy (non-hydrogen) atoms. The Kier molecular flexibility index (Phi) is 7.54. The van der Waals surface area contributed by atoms with Gasteiger partial charge in [0.2, 0.25) is 5.91 Å². The molecule has 0 bridgehead atoms. The molecular weight excluding hydrogens is 453 g/mol. The molecule has 0 saturated carbocycles. The van der Waals surface area contributed by atoms with E-state index in [4.69, 9.17) is 9.90 Å². The van der Waals surface area contributed by atoms with Crippen LogP contribution in [-0.4, -0.2) is 57.1 Å². The summed E-state index contributed by atoms with van der Waals surface area (Å²) in [5, 5.41) is 10.7. The smallest absolute Gasteiger partial charge is 0.475 e. The topological polar surface area (TPSA) is 105 Å². The lowest BCUT2D eigenvalue weighted by Gasteiger charge is -2.24. The monoisotopic (exact) mass is 476 g/mol.